The molecule has 30 heavy (non-hydrogen) atoms. The molecular formula is C22H26ClN7. The fraction of sp³-hybridized carbons (Fsp3) is 0.455. The first-order valence-corrected chi connectivity index (χ1v) is 10.8. The molecule has 0 aliphatic carbocycles. The van der Waals surface area contributed by atoms with Gasteiger partial charge in [0.25, 0.3) is 0 Å². The average Bonchev–Trinajstić information content (AvgIpc) is 3.18. The minimum absolute atomic E-state index is 0.104. The molecule has 156 valence electrons. The van der Waals surface area contributed by atoms with E-state index in [0.29, 0.717) is 11.0 Å². The van der Waals surface area contributed by atoms with Crippen molar-refractivity contribution in [1.29, 1.82) is 0 Å². The van der Waals surface area contributed by atoms with Gasteiger partial charge in [-0.1, -0.05) is 25.4 Å². The third kappa shape index (κ3) is 3.12. The van der Waals surface area contributed by atoms with Crippen molar-refractivity contribution in [2.45, 2.75) is 52.6 Å². The molecule has 2 aliphatic heterocycles. The largest absolute Gasteiger partial charge is 0.351 e. The van der Waals surface area contributed by atoms with Gasteiger partial charge in [0.1, 0.15) is 22.6 Å². The number of fused-ring (bicyclic) bond motifs is 2. The Hall–Kier alpha value is -2.67. The number of rotatable bonds is 2. The number of anilines is 3. The van der Waals surface area contributed by atoms with Gasteiger partial charge in [0.2, 0.25) is 0 Å². The van der Waals surface area contributed by atoms with Crippen molar-refractivity contribution in [3.63, 3.8) is 0 Å². The molecule has 0 unspecified atom stereocenters. The first kappa shape index (κ1) is 19.3. The second kappa shape index (κ2) is 6.94. The van der Waals surface area contributed by atoms with Crippen molar-refractivity contribution in [2.75, 3.05) is 22.9 Å². The molecule has 0 saturated carbocycles. The Labute approximate surface area is 181 Å². The lowest BCUT2D eigenvalue weighted by atomic mass is 9.82. The van der Waals surface area contributed by atoms with Crippen molar-refractivity contribution in [2.24, 2.45) is 0 Å². The van der Waals surface area contributed by atoms with Crippen LogP contribution in [-0.2, 0) is 18.5 Å². The van der Waals surface area contributed by atoms with E-state index in [-0.39, 0.29) is 5.41 Å². The summed E-state index contributed by atoms with van der Waals surface area (Å²) in [7, 11) is 0. The predicted molar refractivity (Wildman–Crippen MR) is 119 cm³/mol. The summed E-state index contributed by atoms with van der Waals surface area (Å²) in [5.74, 6) is 2.73. The normalized spacial score (nSPS) is 17.6. The summed E-state index contributed by atoms with van der Waals surface area (Å²) >= 11 is 6.37. The SMILES string of the molecule is Cc1nc(Cl)c(C)c(N2Cc3cc(N4CCCn5nccc54)cnc3C(C)(C)C2)n1. The van der Waals surface area contributed by atoms with Crippen LogP contribution >= 0.6 is 11.6 Å². The Morgan fingerprint density at radius 2 is 1.97 bits per heavy atom. The van der Waals surface area contributed by atoms with Crippen molar-refractivity contribution in [1.82, 2.24) is 24.7 Å². The first-order valence-electron chi connectivity index (χ1n) is 10.4. The fourth-order valence-electron chi connectivity index (χ4n) is 4.71. The number of aryl methyl sites for hydroxylation is 2. The van der Waals surface area contributed by atoms with Crippen LogP contribution in [0.25, 0.3) is 0 Å². The average molecular weight is 424 g/mol. The smallest absolute Gasteiger partial charge is 0.137 e. The maximum absolute atomic E-state index is 6.37. The maximum atomic E-state index is 6.37. The van der Waals surface area contributed by atoms with Crippen LogP contribution in [0.5, 0.6) is 0 Å². The molecule has 3 aromatic heterocycles. The van der Waals surface area contributed by atoms with Crippen molar-refractivity contribution < 1.29 is 0 Å². The number of pyridine rings is 1. The monoisotopic (exact) mass is 423 g/mol. The number of halogens is 1. The molecule has 0 amide bonds. The summed E-state index contributed by atoms with van der Waals surface area (Å²) < 4.78 is 2.06. The van der Waals surface area contributed by atoms with Crippen LogP contribution in [0.3, 0.4) is 0 Å². The van der Waals surface area contributed by atoms with Gasteiger partial charge in [0.05, 0.1) is 23.8 Å². The van der Waals surface area contributed by atoms with E-state index >= 15 is 0 Å². The first-order chi connectivity index (χ1) is 14.3. The highest BCUT2D eigenvalue weighted by molar-refractivity contribution is 6.30. The minimum atomic E-state index is -0.104. The molecule has 0 spiro atoms. The summed E-state index contributed by atoms with van der Waals surface area (Å²) in [6.45, 7) is 11.9. The van der Waals surface area contributed by atoms with Gasteiger partial charge in [0.15, 0.2) is 0 Å². The van der Waals surface area contributed by atoms with E-state index in [9.17, 15) is 0 Å². The van der Waals surface area contributed by atoms with Crippen LogP contribution in [-0.4, -0.2) is 37.8 Å². The topological polar surface area (TPSA) is 63.0 Å². The lowest BCUT2D eigenvalue weighted by Gasteiger charge is -2.40. The van der Waals surface area contributed by atoms with Gasteiger partial charge in [0, 0.05) is 43.2 Å². The summed E-state index contributed by atoms with van der Waals surface area (Å²) in [6.07, 6.45) is 4.95. The van der Waals surface area contributed by atoms with Gasteiger partial charge >= 0.3 is 0 Å². The fourth-order valence-corrected chi connectivity index (χ4v) is 4.92. The van der Waals surface area contributed by atoms with Crippen LogP contribution in [0.2, 0.25) is 5.15 Å². The molecule has 0 bridgehead atoms. The van der Waals surface area contributed by atoms with Gasteiger partial charge in [-0.2, -0.15) is 5.10 Å². The zero-order valence-corrected chi connectivity index (χ0v) is 18.6. The molecule has 0 fully saturated rings. The summed E-state index contributed by atoms with van der Waals surface area (Å²) in [4.78, 5) is 18.6. The molecule has 8 heteroatoms. The molecule has 0 atom stereocenters. The highest BCUT2D eigenvalue weighted by Gasteiger charge is 2.35. The second-order valence-electron chi connectivity index (χ2n) is 8.87. The molecule has 5 heterocycles. The van der Waals surface area contributed by atoms with E-state index in [0.717, 1.165) is 61.2 Å². The molecule has 0 aromatic carbocycles. The molecule has 2 aliphatic rings. The Balaban J connectivity index is 1.55. The lowest BCUT2D eigenvalue weighted by Crippen LogP contribution is -2.44. The zero-order chi connectivity index (χ0) is 21.0. The molecule has 0 radical (unpaired) electrons. The number of nitrogens with zero attached hydrogens (tertiary/aromatic N) is 7. The zero-order valence-electron chi connectivity index (χ0n) is 17.9. The Bertz CT molecular complexity index is 1120. The van der Waals surface area contributed by atoms with Crippen LogP contribution in [0, 0.1) is 13.8 Å². The van der Waals surface area contributed by atoms with Crippen molar-refractivity contribution in [3.8, 4) is 0 Å². The van der Waals surface area contributed by atoms with Gasteiger partial charge in [-0.05, 0) is 31.9 Å². The molecule has 5 rings (SSSR count). The van der Waals surface area contributed by atoms with E-state index in [1.54, 1.807) is 0 Å². The quantitative estimate of drug-likeness (QED) is 0.576. The summed E-state index contributed by atoms with van der Waals surface area (Å²) in [6, 6.07) is 4.35. The highest BCUT2D eigenvalue weighted by atomic mass is 35.5. The van der Waals surface area contributed by atoms with Crippen molar-refractivity contribution in [3.05, 3.63) is 52.3 Å². The summed E-state index contributed by atoms with van der Waals surface area (Å²) in [5.41, 5.74) is 4.31. The molecule has 0 N–H and O–H groups in total. The highest BCUT2D eigenvalue weighted by Crippen LogP contribution is 2.38. The van der Waals surface area contributed by atoms with E-state index in [2.05, 4.69) is 50.5 Å². The van der Waals surface area contributed by atoms with Gasteiger partial charge in [-0.25, -0.2) is 14.6 Å². The Kier molecular flexibility index (Phi) is 4.47. The second-order valence-corrected chi connectivity index (χ2v) is 9.23. The number of hydrogen-bond acceptors (Lipinski definition) is 6. The third-order valence-corrected chi connectivity index (χ3v) is 6.41. The predicted octanol–water partition coefficient (Wildman–Crippen LogP) is 4.18. The van der Waals surface area contributed by atoms with Crippen LogP contribution in [0.15, 0.2) is 24.5 Å². The maximum Gasteiger partial charge on any atom is 0.137 e. The lowest BCUT2D eigenvalue weighted by molar-refractivity contribution is 0.458. The van der Waals surface area contributed by atoms with Gasteiger partial charge in [-0.15, -0.1) is 0 Å². The van der Waals surface area contributed by atoms with Crippen molar-refractivity contribution >= 4 is 28.9 Å². The van der Waals surface area contributed by atoms with E-state index in [1.807, 2.05) is 26.2 Å². The van der Waals surface area contributed by atoms with Gasteiger partial charge < -0.3 is 9.80 Å². The number of aromatic nitrogens is 5. The summed E-state index contributed by atoms with van der Waals surface area (Å²) in [5, 5.41) is 4.96. The van der Waals surface area contributed by atoms with E-state index < -0.39 is 0 Å². The molecular weight excluding hydrogens is 398 g/mol. The third-order valence-electron chi connectivity index (χ3n) is 6.05. The number of hydrogen-bond donors (Lipinski definition) is 0. The standard InChI is InChI=1S/C22H26ClN7/c1-14-20(23)26-15(2)27-21(14)28-12-16-10-17(11-24-19(16)22(3,4)13-28)29-8-5-9-30-18(29)6-7-25-30/h6-7,10-11H,5,8-9,12-13H2,1-4H3. The van der Waals surface area contributed by atoms with Crippen LogP contribution in [0.1, 0.15) is 42.9 Å². The molecule has 3 aromatic rings. The van der Waals surface area contributed by atoms with Crippen LogP contribution in [0.4, 0.5) is 17.3 Å². The Morgan fingerprint density at radius 3 is 2.80 bits per heavy atom. The van der Waals surface area contributed by atoms with Gasteiger partial charge in [-0.3, -0.25) is 4.98 Å². The molecule has 7 nitrogen and oxygen atoms in total. The Morgan fingerprint density at radius 1 is 1.13 bits per heavy atom. The minimum Gasteiger partial charge on any atom is -0.351 e. The van der Waals surface area contributed by atoms with E-state index in [1.165, 1.54) is 5.56 Å². The van der Waals surface area contributed by atoms with Crippen LogP contribution < -0.4 is 9.80 Å². The molecule has 0 saturated heterocycles. The van der Waals surface area contributed by atoms with E-state index in [4.69, 9.17) is 21.6 Å².